The van der Waals surface area contributed by atoms with Gasteiger partial charge in [0.15, 0.2) is 0 Å². The van der Waals surface area contributed by atoms with E-state index in [1.165, 1.54) is 18.2 Å². The standard InChI is InChI=1S/C14H15N5O2/c15-5-8-18-6-3-12(4-7-18)17-13-9-11(10-16)1-2-14(13)19(20)21/h1-2,9,12,17H,3-4,6-8H2. The first-order chi connectivity index (χ1) is 10.1. The molecule has 0 radical (unpaired) electrons. The van der Waals surface area contributed by atoms with Crippen molar-refractivity contribution >= 4 is 11.4 Å². The number of rotatable bonds is 4. The van der Waals surface area contributed by atoms with E-state index in [4.69, 9.17) is 10.5 Å². The minimum atomic E-state index is -0.450. The summed E-state index contributed by atoms with van der Waals surface area (Å²) in [5, 5.41) is 31.8. The lowest BCUT2D eigenvalue weighted by Gasteiger charge is -2.31. The predicted molar refractivity (Wildman–Crippen MR) is 76.5 cm³/mol. The van der Waals surface area contributed by atoms with Crippen molar-refractivity contribution in [2.75, 3.05) is 25.0 Å². The second kappa shape index (κ2) is 6.69. The molecule has 7 nitrogen and oxygen atoms in total. The summed E-state index contributed by atoms with van der Waals surface area (Å²) in [5.41, 5.74) is 0.760. The van der Waals surface area contributed by atoms with Gasteiger partial charge in [-0.05, 0) is 25.0 Å². The normalized spacial score (nSPS) is 15.9. The maximum Gasteiger partial charge on any atom is 0.292 e. The fourth-order valence-electron chi connectivity index (χ4n) is 2.44. The van der Waals surface area contributed by atoms with Gasteiger partial charge in [0.05, 0.1) is 29.2 Å². The Bertz CT molecular complexity index is 609. The van der Waals surface area contributed by atoms with Crippen molar-refractivity contribution in [2.45, 2.75) is 18.9 Å². The van der Waals surface area contributed by atoms with Gasteiger partial charge in [0.2, 0.25) is 0 Å². The molecule has 1 heterocycles. The van der Waals surface area contributed by atoms with Crippen molar-refractivity contribution < 1.29 is 4.92 Å². The largest absolute Gasteiger partial charge is 0.377 e. The van der Waals surface area contributed by atoms with E-state index >= 15 is 0 Å². The first kappa shape index (κ1) is 14.8. The molecule has 7 heteroatoms. The highest BCUT2D eigenvalue weighted by atomic mass is 16.6. The molecule has 108 valence electrons. The van der Waals surface area contributed by atoms with Crippen LogP contribution in [0.2, 0.25) is 0 Å². The highest BCUT2D eigenvalue weighted by molar-refractivity contribution is 5.64. The number of nitriles is 2. The van der Waals surface area contributed by atoms with Gasteiger partial charge in [0, 0.05) is 25.2 Å². The maximum absolute atomic E-state index is 11.0. The molecule has 1 aliphatic heterocycles. The molecular formula is C14H15N5O2. The summed E-state index contributed by atoms with van der Waals surface area (Å²) in [6.07, 6.45) is 1.63. The van der Waals surface area contributed by atoms with Gasteiger partial charge in [-0.3, -0.25) is 15.0 Å². The first-order valence-electron chi connectivity index (χ1n) is 6.68. The van der Waals surface area contributed by atoms with Crippen molar-refractivity contribution in [3.8, 4) is 12.1 Å². The lowest BCUT2D eigenvalue weighted by molar-refractivity contribution is -0.384. The van der Waals surface area contributed by atoms with Crippen molar-refractivity contribution in [3.05, 3.63) is 33.9 Å². The number of hydrogen-bond donors (Lipinski definition) is 1. The Labute approximate surface area is 122 Å². The number of benzene rings is 1. The number of nitrogens with one attached hydrogen (secondary N) is 1. The number of piperidine rings is 1. The van der Waals surface area contributed by atoms with E-state index in [2.05, 4.69) is 16.3 Å². The fourth-order valence-corrected chi connectivity index (χ4v) is 2.44. The summed E-state index contributed by atoms with van der Waals surface area (Å²) >= 11 is 0. The van der Waals surface area contributed by atoms with E-state index < -0.39 is 4.92 Å². The predicted octanol–water partition coefficient (Wildman–Crippen LogP) is 1.87. The summed E-state index contributed by atoms with van der Waals surface area (Å²) in [7, 11) is 0. The zero-order valence-corrected chi connectivity index (χ0v) is 11.5. The van der Waals surface area contributed by atoms with Gasteiger partial charge in [0.1, 0.15) is 5.69 Å². The van der Waals surface area contributed by atoms with Gasteiger partial charge in [-0.25, -0.2) is 0 Å². The molecule has 0 aliphatic carbocycles. The zero-order chi connectivity index (χ0) is 15.2. The third-order valence-electron chi connectivity index (χ3n) is 3.56. The summed E-state index contributed by atoms with van der Waals surface area (Å²) in [5.74, 6) is 0. The second-order valence-electron chi connectivity index (χ2n) is 4.95. The highest BCUT2D eigenvalue weighted by Crippen LogP contribution is 2.27. The smallest absolute Gasteiger partial charge is 0.292 e. The minimum absolute atomic E-state index is 0.0199. The molecule has 1 aromatic rings. The van der Waals surface area contributed by atoms with Crippen molar-refractivity contribution in [1.29, 1.82) is 10.5 Å². The van der Waals surface area contributed by atoms with E-state index in [9.17, 15) is 10.1 Å². The van der Waals surface area contributed by atoms with Crippen LogP contribution in [0.5, 0.6) is 0 Å². The molecule has 1 aromatic carbocycles. The van der Waals surface area contributed by atoms with E-state index in [0.717, 1.165) is 25.9 Å². The molecule has 1 aliphatic rings. The summed E-state index contributed by atoms with van der Waals surface area (Å²) in [6, 6.07) is 8.54. The number of hydrogen-bond acceptors (Lipinski definition) is 6. The lowest BCUT2D eigenvalue weighted by atomic mass is 10.0. The average molecular weight is 285 g/mol. The molecule has 1 fully saturated rings. The van der Waals surface area contributed by atoms with Crippen molar-refractivity contribution in [3.63, 3.8) is 0 Å². The van der Waals surface area contributed by atoms with Crippen LogP contribution >= 0.6 is 0 Å². The summed E-state index contributed by atoms with van der Waals surface area (Å²) in [4.78, 5) is 12.6. The quantitative estimate of drug-likeness (QED) is 0.514. The van der Waals surface area contributed by atoms with Gasteiger partial charge in [-0.15, -0.1) is 0 Å². The van der Waals surface area contributed by atoms with Crippen LogP contribution < -0.4 is 5.32 Å². The summed E-state index contributed by atoms with van der Waals surface area (Å²) in [6.45, 7) is 1.99. The molecule has 1 saturated heterocycles. The average Bonchev–Trinajstić information content (AvgIpc) is 2.49. The molecule has 0 aromatic heterocycles. The van der Waals surface area contributed by atoms with E-state index in [0.29, 0.717) is 17.8 Å². The van der Waals surface area contributed by atoms with Crippen LogP contribution in [0.3, 0.4) is 0 Å². The van der Waals surface area contributed by atoms with Gasteiger partial charge in [-0.2, -0.15) is 10.5 Å². The van der Waals surface area contributed by atoms with E-state index in [-0.39, 0.29) is 11.7 Å². The molecule has 0 saturated carbocycles. The number of nitro groups is 1. The van der Waals surface area contributed by atoms with Gasteiger partial charge in [-0.1, -0.05) is 0 Å². The van der Waals surface area contributed by atoms with Gasteiger partial charge < -0.3 is 5.32 Å². The lowest BCUT2D eigenvalue weighted by Crippen LogP contribution is -2.39. The Kier molecular flexibility index (Phi) is 4.70. The van der Waals surface area contributed by atoms with E-state index in [1.807, 2.05) is 6.07 Å². The SMILES string of the molecule is N#CCN1CCC(Nc2cc(C#N)ccc2[N+](=O)[O-])CC1. The summed E-state index contributed by atoms with van der Waals surface area (Å²) < 4.78 is 0. The van der Waals surface area contributed by atoms with Crippen LogP contribution in [0.25, 0.3) is 0 Å². The Hall–Kier alpha value is -2.64. The molecule has 0 bridgehead atoms. The fraction of sp³-hybridized carbons (Fsp3) is 0.429. The van der Waals surface area contributed by atoms with Crippen molar-refractivity contribution in [2.24, 2.45) is 0 Å². The molecule has 21 heavy (non-hydrogen) atoms. The molecule has 1 N–H and O–H groups in total. The van der Waals surface area contributed by atoms with Crippen LogP contribution in [0, 0.1) is 32.8 Å². The monoisotopic (exact) mass is 285 g/mol. The number of nitro benzene ring substituents is 1. The molecule has 2 rings (SSSR count). The number of anilines is 1. The number of nitrogens with zero attached hydrogens (tertiary/aromatic N) is 4. The minimum Gasteiger partial charge on any atom is -0.377 e. The highest BCUT2D eigenvalue weighted by Gasteiger charge is 2.22. The Morgan fingerprint density at radius 3 is 2.67 bits per heavy atom. The van der Waals surface area contributed by atoms with Crippen LogP contribution in [0.4, 0.5) is 11.4 Å². The van der Waals surface area contributed by atoms with Crippen LogP contribution in [-0.4, -0.2) is 35.5 Å². The second-order valence-corrected chi connectivity index (χ2v) is 4.95. The first-order valence-corrected chi connectivity index (χ1v) is 6.68. The van der Waals surface area contributed by atoms with Gasteiger partial charge >= 0.3 is 0 Å². The molecular weight excluding hydrogens is 270 g/mol. The molecule has 0 atom stereocenters. The van der Waals surface area contributed by atoms with Gasteiger partial charge in [0.25, 0.3) is 5.69 Å². The zero-order valence-electron chi connectivity index (χ0n) is 11.5. The Balaban J connectivity index is 2.08. The Morgan fingerprint density at radius 2 is 2.10 bits per heavy atom. The molecule has 0 amide bonds. The maximum atomic E-state index is 11.0. The molecule has 0 spiro atoms. The number of likely N-dealkylation sites (tertiary alicyclic amines) is 1. The molecule has 0 unspecified atom stereocenters. The van der Waals surface area contributed by atoms with Crippen LogP contribution in [0.1, 0.15) is 18.4 Å². The third kappa shape index (κ3) is 3.68. The Morgan fingerprint density at radius 1 is 1.38 bits per heavy atom. The third-order valence-corrected chi connectivity index (χ3v) is 3.56. The topological polar surface area (TPSA) is 106 Å². The van der Waals surface area contributed by atoms with E-state index in [1.54, 1.807) is 0 Å². The van der Waals surface area contributed by atoms with Crippen LogP contribution in [0.15, 0.2) is 18.2 Å². The van der Waals surface area contributed by atoms with Crippen LogP contribution in [-0.2, 0) is 0 Å². The van der Waals surface area contributed by atoms with Crippen molar-refractivity contribution in [1.82, 2.24) is 4.90 Å².